The summed E-state index contributed by atoms with van der Waals surface area (Å²) in [6.07, 6.45) is 6.09. The van der Waals surface area contributed by atoms with Gasteiger partial charge in [-0.1, -0.05) is 36.0 Å². The molecule has 0 saturated heterocycles. The van der Waals surface area contributed by atoms with Crippen molar-refractivity contribution < 1.29 is 4.79 Å². The highest BCUT2D eigenvalue weighted by Gasteiger charge is 2.18. The molecule has 2 N–H and O–H groups in total. The van der Waals surface area contributed by atoms with E-state index in [1.165, 1.54) is 12.8 Å². The SMILES string of the molecule is O=C(NC1CCCC1)c1ccnc(Nc2cc(Cl)cc(Cl)c2)c1. The van der Waals surface area contributed by atoms with E-state index in [4.69, 9.17) is 23.2 Å². The minimum absolute atomic E-state index is 0.0634. The van der Waals surface area contributed by atoms with Gasteiger partial charge in [-0.05, 0) is 43.2 Å². The van der Waals surface area contributed by atoms with Gasteiger partial charge in [0.25, 0.3) is 5.91 Å². The Balaban J connectivity index is 1.72. The normalized spacial score (nSPS) is 14.7. The standard InChI is InChI=1S/C17H17Cl2N3O/c18-12-8-13(19)10-15(9-12)21-16-7-11(5-6-20-16)17(23)22-14-3-1-2-4-14/h5-10,14H,1-4H2,(H,20,21)(H,22,23). The van der Waals surface area contributed by atoms with Crippen LogP contribution in [0.4, 0.5) is 11.5 Å². The van der Waals surface area contributed by atoms with E-state index in [9.17, 15) is 4.79 Å². The largest absolute Gasteiger partial charge is 0.349 e. The highest BCUT2D eigenvalue weighted by molar-refractivity contribution is 6.35. The number of aromatic nitrogens is 1. The predicted octanol–water partition coefficient (Wildman–Crippen LogP) is 4.80. The summed E-state index contributed by atoms with van der Waals surface area (Å²) in [4.78, 5) is 16.5. The van der Waals surface area contributed by atoms with Crippen LogP contribution in [0.2, 0.25) is 10.0 Å². The summed E-state index contributed by atoms with van der Waals surface area (Å²) in [5.41, 5.74) is 1.31. The van der Waals surface area contributed by atoms with Crippen molar-refractivity contribution in [2.45, 2.75) is 31.7 Å². The highest BCUT2D eigenvalue weighted by Crippen LogP contribution is 2.25. The van der Waals surface area contributed by atoms with Crippen molar-refractivity contribution in [1.29, 1.82) is 0 Å². The number of pyridine rings is 1. The lowest BCUT2D eigenvalue weighted by Gasteiger charge is -2.12. The third-order valence-corrected chi connectivity index (χ3v) is 4.28. The third-order valence-electron chi connectivity index (χ3n) is 3.85. The van der Waals surface area contributed by atoms with Crippen LogP contribution in [-0.2, 0) is 0 Å². The van der Waals surface area contributed by atoms with Crippen LogP contribution in [0, 0.1) is 0 Å². The van der Waals surface area contributed by atoms with Crippen LogP contribution in [0.5, 0.6) is 0 Å². The van der Waals surface area contributed by atoms with Crippen molar-refractivity contribution in [3.63, 3.8) is 0 Å². The maximum atomic E-state index is 12.3. The van der Waals surface area contributed by atoms with Crippen molar-refractivity contribution in [1.82, 2.24) is 10.3 Å². The monoisotopic (exact) mass is 349 g/mol. The topological polar surface area (TPSA) is 54.0 Å². The second-order valence-corrected chi connectivity index (χ2v) is 6.54. The average molecular weight is 350 g/mol. The number of carbonyl (C=O) groups is 1. The highest BCUT2D eigenvalue weighted by atomic mass is 35.5. The number of carbonyl (C=O) groups excluding carboxylic acids is 1. The van der Waals surface area contributed by atoms with Crippen molar-refractivity contribution >= 4 is 40.6 Å². The smallest absolute Gasteiger partial charge is 0.251 e. The summed E-state index contributed by atoms with van der Waals surface area (Å²) in [5.74, 6) is 0.508. The number of hydrogen-bond acceptors (Lipinski definition) is 3. The lowest BCUT2D eigenvalue weighted by molar-refractivity contribution is 0.0938. The average Bonchev–Trinajstić information content (AvgIpc) is 2.99. The number of anilines is 2. The zero-order valence-corrected chi connectivity index (χ0v) is 14.0. The summed E-state index contributed by atoms with van der Waals surface area (Å²) < 4.78 is 0. The van der Waals surface area contributed by atoms with Gasteiger partial charge in [-0.25, -0.2) is 4.98 Å². The first kappa shape index (κ1) is 16.1. The number of benzene rings is 1. The second kappa shape index (κ2) is 7.20. The minimum Gasteiger partial charge on any atom is -0.349 e. The van der Waals surface area contributed by atoms with Gasteiger partial charge >= 0.3 is 0 Å². The molecule has 1 amide bonds. The number of rotatable bonds is 4. The number of hydrogen-bond donors (Lipinski definition) is 2. The molecule has 1 fully saturated rings. The summed E-state index contributed by atoms with van der Waals surface area (Å²) in [7, 11) is 0. The van der Waals surface area contributed by atoms with E-state index in [1.54, 1.807) is 36.5 Å². The Morgan fingerprint density at radius 3 is 2.48 bits per heavy atom. The lowest BCUT2D eigenvalue weighted by atomic mass is 10.2. The maximum absolute atomic E-state index is 12.3. The molecule has 2 aromatic rings. The molecule has 0 atom stereocenters. The van der Waals surface area contributed by atoms with E-state index >= 15 is 0 Å². The summed E-state index contributed by atoms with van der Waals surface area (Å²) >= 11 is 12.0. The molecule has 23 heavy (non-hydrogen) atoms. The molecule has 120 valence electrons. The zero-order valence-electron chi connectivity index (χ0n) is 12.5. The minimum atomic E-state index is -0.0634. The van der Waals surface area contributed by atoms with Gasteiger partial charge in [0, 0.05) is 33.5 Å². The van der Waals surface area contributed by atoms with Crippen LogP contribution in [0.3, 0.4) is 0 Å². The van der Waals surface area contributed by atoms with Crippen molar-refractivity contribution in [2.24, 2.45) is 0 Å². The summed E-state index contributed by atoms with van der Waals surface area (Å²) in [6, 6.07) is 8.88. The second-order valence-electron chi connectivity index (χ2n) is 5.67. The first-order valence-corrected chi connectivity index (χ1v) is 8.36. The van der Waals surface area contributed by atoms with Gasteiger partial charge in [0.1, 0.15) is 5.82 Å². The molecule has 0 spiro atoms. The summed E-state index contributed by atoms with van der Waals surface area (Å²) in [5, 5.41) is 7.26. The molecule has 1 aromatic carbocycles. The molecule has 3 rings (SSSR count). The van der Waals surface area contributed by atoms with Gasteiger partial charge < -0.3 is 10.6 Å². The van der Waals surface area contributed by atoms with Crippen molar-refractivity contribution in [2.75, 3.05) is 5.32 Å². The molecule has 0 radical (unpaired) electrons. The molecule has 1 aliphatic rings. The predicted molar refractivity (Wildman–Crippen MR) is 93.7 cm³/mol. The van der Waals surface area contributed by atoms with Gasteiger partial charge in [-0.15, -0.1) is 0 Å². The van der Waals surface area contributed by atoms with Crippen LogP contribution < -0.4 is 10.6 Å². The first-order chi connectivity index (χ1) is 11.1. The Bertz CT molecular complexity index is 694. The lowest BCUT2D eigenvalue weighted by Crippen LogP contribution is -2.32. The Labute approximate surface area is 145 Å². The van der Waals surface area contributed by atoms with Crippen molar-refractivity contribution in [3.05, 3.63) is 52.1 Å². The van der Waals surface area contributed by atoms with E-state index in [-0.39, 0.29) is 5.91 Å². The van der Waals surface area contributed by atoms with Gasteiger partial charge in [-0.2, -0.15) is 0 Å². The van der Waals surface area contributed by atoms with Gasteiger partial charge in [0.2, 0.25) is 0 Å². The Hall–Kier alpha value is -1.78. The Morgan fingerprint density at radius 2 is 1.78 bits per heavy atom. The van der Waals surface area contributed by atoms with Gasteiger partial charge in [-0.3, -0.25) is 4.79 Å². The zero-order chi connectivity index (χ0) is 16.2. The van der Waals surface area contributed by atoms with E-state index in [2.05, 4.69) is 15.6 Å². The van der Waals surface area contributed by atoms with E-state index < -0.39 is 0 Å². The van der Waals surface area contributed by atoms with E-state index in [0.29, 0.717) is 27.5 Å². The van der Waals surface area contributed by atoms with Gasteiger partial charge in [0.15, 0.2) is 0 Å². The molecular formula is C17H17Cl2N3O. The van der Waals surface area contributed by atoms with Crippen LogP contribution in [-0.4, -0.2) is 16.9 Å². The fourth-order valence-corrected chi connectivity index (χ4v) is 3.28. The van der Waals surface area contributed by atoms with Gasteiger partial charge in [0.05, 0.1) is 0 Å². The van der Waals surface area contributed by atoms with Crippen LogP contribution in [0.15, 0.2) is 36.5 Å². The molecule has 1 aromatic heterocycles. The molecule has 1 heterocycles. The number of nitrogens with zero attached hydrogens (tertiary/aromatic N) is 1. The first-order valence-electron chi connectivity index (χ1n) is 7.60. The molecule has 0 bridgehead atoms. The summed E-state index contributed by atoms with van der Waals surface area (Å²) in [6.45, 7) is 0. The van der Waals surface area contributed by atoms with Crippen molar-refractivity contribution in [3.8, 4) is 0 Å². The molecule has 0 aliphatic heterocycles. The Kier molecular flexibility index (Phi) is 5.03. The molecule has 1 saturated carbocycles. The third kappa shape index (κ3) is 4.36. The fraction of sp³-hybridized carbons (Fsp3) is 0.294. The molecular weight excluding hydrogens is 333 g/mol. The fourth-order valence-electron chi connectivity index (χ4n) is 2.75. The van der Waals surface area contributed by atoms with Crippen LogP contribution >= 0.6 is 23.2 Å². The molecule has 6 heteroatoms. The Morgan fingerprint density at radius 1 is 1.09 bits per heavy atom. The molecule has 4 nitrogen and oxygen atoms in total. The van der Waals surface area contributed by atoms with E-state index in [1.807, 2.05) is 0 Å². The number of amides is 1. The van der Waals surface area contributed by atoms with Crippen LogP contribution in [0.1, 0.15) is 36.0 Å². The maximum Gasteiger partial charge on any atom is 0.251 e. The molecule has 1 aliphatic carbocycles. The quantitative estimate of drug-likeness (QED) is 0.832. The van der Waals surface area contributed by atoms with E-state index in [0.717, 1.165) is 18.5 Å². The van der Waals surface area contributed by atoms with Crippen LogP contribution in [0.25, 0.3) is 0 Å². The molecule has 0 unspecified atom stereocenters. The number of nitrogens with one attached hydrogen (secondary N) is 2. The number of halogens is 2.